The number of nitrogens with zero attached hydrogens (tertiary/aromatic N) is 3. The highest BCUT2D eigenvalue weighted by Gasteiger charge is 2.45. The lowest BCUT2D eigenvalue weighted by molar-refractivity contribution is -0.153. The maximum Gasteiger partial charge on any atom is 0.310 e. The number of carboxylic acid groups (broad SMARTS) is 1. The first kappa shape index (κ1) is 25.0. The van der Waals surface area contributed by atoms with Gasteiger partial charge >= 0.3 is 5.97 Å². The van der Waals surface area contributed by atoms with Gasteiger partial charge in [-0.1, -0.05) is 23.7 Å². The van der Waals surface area contributed by atoms with Gasteiger partial charge in [-0.15, -0.1) is 0 Å². The number of likely N-dealkylation sites (tertiary alicyclic amines) is 1. The SMILES string of the molecule is Cc1[nH]nc(Nc2ccc(F)c(C[C@@]3(C(=O)O)CCN(Cc4cccc(Cl)c4F)[C@H](C)C3)n2)c1F. The predicted molar refractivity (Wildman–Crippen MR) is 125 cm³/mol. The number of aliphatic carboxylic acids is 1. The summed E-state index contributed by atoms with van der Waals surface area (Å²) in [4.78, 5) is 18.6. The van der Waals surface area contributed by atoms with Crippen LogP contribution in [0.3, 0.4) is 0 Å². The van der Waals surface area contributed by atoms with Crippen molar-refractivity contribution in [3.05, 3.63) is 69.8 Å². The summed E-state index contributed by atoms with van der Waals surface area (Å²) in [6, 6.07) is 7.07. The van der Waals surface area contributed by atoms with E-state index in [0.29, 0.717) is 12.1 Å². The van der Waals surface area contributed by atoms with Crippen LogP contribution in [0.15, 0.2) is 30.3 Å². The molecule has 3 N–H and O–H groups in total. The quantitative estimate of drug-likeness (QED) is 0.405. The van der Waals surface area contributed by atoms with Crippen LogP contribution in [0.1, 0.15) is 36.7 Å². The predicted octanol–water partition coefficient (Wildman–Crippen LogP) is 5.23. The van der Waals surface area contributed by atoms with Gasteiger partial charge in [-0.2, -0.15) is 5.10 Å². The molecule has 0 amide bonds. The highest BCUT2D eigenvalue weighted by molar-refractivity contribution is 6.30. The molecule has 1 aliphatic rings. The van der Waals surface area contributed by atoms with Crippen molar-refractivity contribution in [3.8, 4) is 0 Å². The Morgan fingerprint density at radius 3 is 2.71 bits per heavy atom. The zero-order valence-electron chi connectivity index (χ0n) is 19.2. The Morgan fingerprint density at radius 1 is 1.29 bits per heavy atom. The smallest absolute Gasteiger partial charge is 0.310 e. The van der Waals surface area contributed by atoms with Crippen LogP contribution in [-0.4, -0.2) is 43.7 Å². The minimum atomic E-state index is -1.26. The van der Waals surface area contributed by atoms with E-state index in [2.05, 4.69) is 20.5 Å². The molecule has 0 unspecified atom stereocenters. The van der Waals surface area contributed by atoms with Crippen molar-refractivity contribution in [3.63, 3.8) is 0 Å². The lowest BCUT2D eigenvalue weighted by atomic mass is 9.72. The molecule has 1 aromatic carbocycles. The molecule has 1 fully saturated rings. The first-order valence-electron chi connectivity index (χ1n) is 11.1. The Hall–Kier alpha value is -3.11. The normalized spacial score (nSPS) is 20.7. The molecule has 0 aliphatic carbocycles. The van der Waals surface area contributed by atoms with E-state index in [1.54, 1.807) is 12.1 Å². The van der Waals surface area contributed by atoms with Gasteiger partial charge < -0.3 is 10.4 Å². The fourth-order valence-corrected chi connectivity index (χ4v) is 4.74. The largest absolute Gasteiger partial charge is 0.481 e. The van der Waals surface area contributed by atoms with Gasteiger partial charge in [-0.05, 0) is 51.4 Å². The number of aryl methyl sites for hydroxylation is 1. The molecule has 0 spiro atoms. The molecular formula is C24H25ClF3N5O2. The summed E-state index contributed by atoms with van der Waals surface area (Å²) in [5.41, 5.74) is -0.632. The van der Waals surface area contributed by atoms with Crippen LogP contribution in [0.5, 0.6) is 0 Å². The fraction of sp³-hybridized carbons (Fsp3) is 0.375. The average Bonchev–Trinajstić information content (AvgIpc) is 3.12. The van der Waals surface area contributed by atoms with Gasteiger partial charge in [0.05, 0.1) is 21.8 Å². The first-order valence-corrected chi connectivity index (χ1v) is 11.5. The fourth-order valence-electron chi connectivity index (χ4n) is 4.55. The molecule has 0 bridgehead atoms. The number of aromatic nitrogens is 3. The van der Waals surface area contributed by atoms with Crippen molar-refractivity contribution >= 4 is 29.2 Å². The van der Waals surface area contributed by atoms with E-state index in [1.165, 1.54) is 19.1 Å². The van der Waals surface area contributed by atoms with Crippen molar-refractivity contribution in [2.24, 2.45) is 5.41 Å². The van der Waals surface area contributed by atoms with Crippen LogP contribution in [0.4, 0.5) is 24.8 Å². The number of halogens is 4. The van der Waals surface area contributed by atoms with Gasteiger partial charge in [0.25, 0.3) is 0 Å². The molecule has 2 atom stereocenters. The van der Waals surface area contributed by atoms with Crippen LogP contribution in [0, 0.1) is 29.8 Å². The summed E-state index contributed by atoms with van der Waals surface area (Å²) >= 11 is 5.89. The van der Waals surface area contributed by atoms with Gasteiger partial charge in [0.2, 0.25) is 0 Å². The number of anilines is 2. The van der Waals surface area contributed by atoms with Crippen molar-refractivity contribution in [2.75, 3.05) is 11.9 Å². The van der Waals surface area contributed by atoms with Crippen LogP contribution < -0.4 is 5.32 Å². The highest BCUT2D eigenvalue weighted by atomic mass is 35.5. The molecule has 35 heavy (non-hydrogen) atoms. The summed E-state index contributed by atoms with van der Waals surface area (Å²) in [7, 11) is 0. The summed E-state index contributed by atoms with van der Waals surface area (Å²) in [5, 5.41) is 19.2. The number of carbonyl (C=O) groups is 1. The third-order valence-electron chi connectivity index (χ3n) is 6.59. The van der Waals surface area contributed by atoms with E-state index >= 15 is 0 Å². The maximum atomic E-state index is 14.7. The second-order valence-corrected chi connectivity index (χ2v) is 9.42. The third-order valence-corrected chi connectivity index (χ3v) is 6.88. The lowest BCUT2D eigenvalue weighted by Gasteiger charge is -2.43. The molecule has 186 valence electrons. The van der Waals surface area contributed by atoms with Crippen molar-refractivity contribution < 1.29 is 23.1 Å². The van der Waals surface area contributed by atoms with Crippen molar-refractivity contribution in [1.82, 2.24) is 20.1 Å². The van der Waals surface area contributed by atoms with E-state index in [-0.39, 0.29) is 59.9 Å². The second-order valence-electron chi connectivity index (χ2n) is 9.01. The van der Waals surface area contributed by atoms with E-state index in [4.69, 9.17) is 11.6 Å². The number of piperidine rings is 1. The summed E-state index contributed by atoms with van der Waals surface area (Å²) in [6.45, 7) is 4.03. The number of rotatable bonds is 7. The molecule has 11 heteroatoms. The Morgan fingerprint density at radius 2 is 2.06 bits per heavy atom. The van der Waals surface area contributed by atoms with Crippen LogP contribution in [0.2, 0.25) is 5.02 Å². The molecule has 3 heterocycles. The minimum Gasteiger partial charge on any atom is -0.481 e. The Kier molecular flexibility index (Phi) is 7.05. The number of hydrogen-bond acceptors (Lipinski definition) is 5. The van der Waals surface area contributed by atoms with E-state index in [1.807, 2.05) is 11.8 Å². The first-order chi connectivity index (χ1) is 16.6. The third kappa shape index (κ3) is 5.13. The molecule has 1 aliphatic heterocycles. The zero-order valence-corrected chi connectivity index (χ0v) is 20.0. The molecule has 4 rings (SSSR count). The van der Waals surface area contributed by atoms with E-state index in [0.717, 1.165) is 6.07 Å². The highest BCUT2D eigenvalue weighted by Crippen LogP contribution is 2.39. The van der Waals surface area contributed by atoms with Crippen molar-refractivity contribution in [2.45, 2.75) is 45.7 Å². The van der Waals surface area contributed by atoms with Crippen LogP contribution in [0.25, 0.3) is 0 Å². The number of benzene rings is 1. The number of nitrogens with one attached hydrogen (secondary N) is 2. The second kappa shape index (κ2) is 9.87. The van der Waals surface area contributed by atoms with E-state index < -0.39 is 28.8 Å². The topological polar surface area (TPSA) is 94.1 Å². The number of H-pyrrole nitrogens is 1. The average molecular weight is 508 g/mol. The molecule has 3 aromatic rings. The monoisotopic (exact) mass is 507 g/mol. The van der Waals surface area contributed by atoms with Gasteiger partial charge in [-0.25, -0.2) is 18.2 Å². The molecule has 2 aromatic heterocycles. The number of pyridine rings is 1. The number of aromatic amines is 1. The number of carboxylic acids is 1. The van der Waals surface area contributed by atoms with Gasteiger partial charge in [0.1, 0.15) is 17.5 Å². The molecule has 0 radical (unpaired) electrons. The van der Waals surface area contributed by atoms with Crippen LogP contribution >= 0.6 is 11.6 Å². The maximum absolute atomic E-state index is 14.7. The Balaban J connectivity index is 1.53. The van der Waals surface area contributed by atoms with Gasteiger partial charge in [0.15, 0.2) is 11.6 Å². The molecule has 0 saturated carbocycles. The minimum absolute atomic E-state index is 0.0342. The van der Waals surface area contributed by atoms with Crippen molar-refractivity contribution in [1.29, 1.82) is 0 Å². The Labute approximate surface area is 205 Å². The van der Waals surface area contributed by atoms with Crippen LogP contribution in [-0.2, 0) is 17.8 Å². The lowest BCUT2D eigenvalue weighted by Crippen LogP contribution is -2.50. The molecular weight excluding hydrogens is 483 g/mol. The summed E-state index contributed by atoms with van der Waals surface area (Å²) < 4.78 is 43.1. The van der Waals surface area contributed by atoms with Gasteiger partial charge in [-0.3, -0.25) is 14.8 Å². The summed E-state index contributed by atoms with van der Waals surface area (Å²) in [5.74, 6) is -2.71. The van der Waals surface area contributed by atoms with E-state index in [9.17, 15) is 23.1 Å². The number of hydrogen-bond donors (Lipinski definition) is 3. The summed E-state index contributed by atoms with van der Waals surface area (Å²) in [6.07, 6.45) is 0.298. The van der Waals surface area contributed by atoms with Gasteiger partial charge in [0, 0.05) is 24.6 Å². The zero-order chi connectivity index (χ0) is 25.3. The standard InChI is InChI=1S/C24H25ClF3N5O2/c1-13-10-24(23(34)35,8-9-33(13)12-15-4-3-5-16(25)21(15)28)11-18-17(26)6-7-19(29-18)30-22-20(27)14(2)31-32-22/h3-7,13H,8-12H2,1-2H3,(H,34,35)(H2,29,30,31,32)/t13-,24-/m1/s1. The molecule has 1 saturated heterocycles. The molecule has 7 nitrogen and oxygen atoms in total. The Bertz CT molecular complexity index is 1250.